The van der Waals surface area contributed by atoms with Crippen molar-refractivity contribution >= 4 is 5.78 Å². The molecule has 2 rings (SSSR count). The normalized spacial score (nSPS) is 29.8. The quantitative estimate of drug-likeness (QED) is 0.718. The molecule has 0 radical (unpaired) electrons. The van der Waals surface area contributed by atoms with Gasteiger partial charge in [0.1, 0.15) is 0 Å². The Balaban J connectivity index is 1.89. The molecule has 0 spiro atoms. The Bertz CT molecular complexity index is 335. The first-order valence-corrected chi connectivity index (χ1v) is 6.78. The summed E-state index contributed by atoms with van der Waals surface area (Å²) in [5.74, 6) is -1.23. The van der Waals surface area contributed by atoms with Gasteiger partial charge < -0.3 is 0 Å². The Kier molecular flexibility index (Phi) is 4.13. The number of hydrogen-bond acceptors (Lipinski definition) is 1. The molecular formula is C14H19F3O. The van der Waals surface area contributed by atoms with Crippen LogP contribution in [0.4, 0.5) is 13.2 Å². The lowest BCUT2D eigenvalue weighted by atomic mass is 9.77. The lowest BCUT2D eigenvalue weighted by Gasteiger charge is -2.29. The molecule has 0 bridgehead atoms. The molecule has 0 saturated heterocycles. The zero-order valence-corrected chi connectivity index (χ0v) is 10.4. The smallest absolute Gasteiger partial charge is 0.294 e. The Morgan fingerprint density at radius 1 is 1.11 bits per heavy atom. The van der Waals surface area contributed by atoms with Crippen LogP contribution >= 0.6 is 0 Å². The number of alkyl halides is 3. The predicted molar refractivity (Wildman–Crippen MR) is 63.1 cm³/mol. The first kappa shape index (κ1) is 13.6. The van der Waals surface area contributed by atoms with Crippen LogP contribution in [0.15, 0.2) is 11.6 Å². The largest absolute Gasteiger partial charge is 0.391 e. The first-order valence-electron chi connectivity index (χ1n) is 6.78. The van der Waals surface area contributed by atoms with Crippen LogP contribution in [-0.4, -0.2) is 12.0 Å². The van der Waals surface area contributed by atoms with Crippen LogP contribution in [0.5, 0.6) is 0 Å². The molecule has 0 heterocycles. The first-order chi connectivity index (χ1) is 8.48. The van der Waals surface area contributed by atoms with Crippen molar-refractivity contribution in [3.05, 3.63) is 11.6 Å². The van der Waals surface area contributed by atoms with Gasteiger partial charge in [-0.25, -0.2) is 0 Å². The number of allylic oxidation sites excluding steroid dienone is 2. The summed E-state index contributed by atoms with van der Waals surface area (Å²) < 4.78 is 37.6. The molecule has 0 aliphatic heterocycles. The molecule has 102 valence electrons. The standard InChI is InChI=1S/C14H19F3O/c15-14(16,17)12-8-6-11(7-9-12)13(18)10-4-2-1-3-5-10/h4,11-12H,1-3,5-9H2. The van der Waals surface area contributed by atoms with Crippen LogP contribution in [0.1, 0.15) is 51.4 Å². The molecule has 2 aliphatic rings. The fraction of sp³-hybridized carbons (Fsp3) is 0.786. The minimum absolute atomic E-state index is 0.118. The Morgan fingerprint density at radius 2 is 1.78 bits per heavy atom. The molecule has 0 N–H and O–H groups in total. The monoisotopic (exact) mass is 260 g/mol. The van der Waals surface area contributed by atoms with Gasteiger partial charge in [-0.2, -0.15) is 13.2 Å². The van der Waals surface area contributed by atoms with Gasteiger partial charge in [-0.05, 0) is 56.9 Å². The van der Waals surface area contributed by atoms with E-state index in [9.17, 15) is 18.0 Å². The summed E-state index contributed by atoms with van der Waals surface area (Å²) in [6.45, 7) is 0. The maximum atomic E-state index is 12.5. The third kappa shape index (κ3) is 3.15. The summed E-state index contributed by atoms with van der Waals surface area (Å²) in [6, 6.07) is 0. The van der Waals surface area contributed by atoms with E-state index < -0.39 is 12.1 Å². The zero-order valence-electron chi connectivity index (χ0n) is 10.4. The average Bonchev–Trinajstić information content (AvgIpc) is 2.38. The molecule has 1 saturated carbocycles. The van der Waals surface area contributed by atoms with Crippen molar-refractivity contribution in [3.8, 4) is 0 Å². The molecule has 0 atom stereocenters. The predicted octanol–water partition coefficient (Wildman–Crippen LogP) is 4.42. The highest BCUT2D eigenvalue weighted by atomic mass is 19.4. The van der Waals surface area contributed by atoms with E-state index in [1.54, 1.807) is 0 Å². The summed E-state index contributed by atoms with van der Waals surface area (Å²) in [5, 5.41) is 0. The second-order valence-electron chi connectivity index (χ2n) is 5.43. The van der Waals surface area contributed by atoms with Gasteiger partial charge in [0.2, 0.25) is 0 Å². The molecule has 1 fully saturated rings. The van der Waals surface area contributed by atoms with Gasteiger partial charge in [-0.3, -0.25) is 4.79 Å². The molecule has 0 amide bonds. The molecule has 2 aliphatic carbocycles. The molecule has 0 unspecified atom stereocenters. The van der Waals surface area contributed by atoms with Gasteiger partial charge >= 0.3 is 6.18 Å². The van der Waals surface area contributed by atoms with E-state index in [-0.39, 0.29) is 24.5 Å². The van der Waals surface area contributed by atoms with E-state index in [0.717, 1.165) is 31.3 Å². The zero-order chi connectivity index (χ0) is 13.2. The van der Waals surface area contributed by atoms with Crippen molar-refractivity contribution in [1.29, 1.82) is 0 Å². The third-order valence-electron chi connectivity index (χ3n) is 4.17. The van der Waals surface area contributed by atoms with Crippen LogP contribution in [-0.2, 0) is 4.79 Å². The highest BCUT2D eigenvalue weighted by Gasteiger charge is 2.42. The number of ketones is 1. The molecule has 1 nitrogen and oxygen atoms in total. The molecular weight excluding hydrogens is 241 g/mol. The van der Waals surface area contributed by atoms with E-state index >= 15 is 0 Å². The fourth-order valence-electron chi connectivity index (χ4n) is 3.01. The van der Waals surface area contributed by atoms with Crippen LogP contribution < -0.4 is 0 Å². The van der Waals surface area contributed by atoms with Gasteiger partial charge in [0.05, 0.1) is 5.92 Å². The van der Waals surface area contributed by atoms with E-state index in [2.05, 4.69) is 0 Å². The van der Waals surface area contributed by atoms with Crippen molar-refractivity contribution in [2.45, 2.75) is 57.5 Å². The second kappa shape index (κ2) is 5.45. The van der Waals surface area contributed by atoms with Crippen molar-refractivity contribution in [1.82, 2.24) is 0 Å². The lowest BCUT2D eigenvalue weighted by molar-refractivity contribution is -0.184. The average molecular weight is 260 g/mol. The summed E-state index contributed by atoms with van der Waals surface area (Å²) in [4.78, 5) is 12.2. The van der Waals surface area contributed by atoms with Crippen molar-refractivity contribution < 1.29 is 18.0 Å². The van der Waals surface area contributed by atoms with Crippen LogP contribution in [0.25, 0.3) is 0 Å². The highest BCUT2D eigenvalue weighted by Crippen LogP contribution is 2.40. The van der Waals surface area contributed by atoms with Crippen LogP contribution in [0, 0.1) is 11.8 Å². The summed E-state index contributed by atoms with van der Waals surface area (Å²) >= 11 is 0. The van der Waals surface area contributed by atoms with Gasteiger partial charge in [-0.1, -0.05) is 6.08 Å². The van der Waals surface area contributed by atoms with Crippen molar-refractivity contribution in [2.24, 2.45) is 11.8 Å². The topological polar surface area (TPSA) is 17.1 Å². The van der Waals surface area contributed by atoms with Crippen LogP contribution in [0.3, 0.4) is 0 Å². The Hall–Kier alpha value is -0.800. The summed E-state index contributed by atoms with van der Waals surface area (Å²) in [7, 11) is 0. The van der Waals surface area contributed by atoms with E-state index in [0.29, 0.717) is 12.8 Å². The minimum Gasteiger partial charge on any atom is -0.294 e. The molecule has 4 heteroatoms. The maximum Gasteiger partial charge on any atom is 0.391 e. The number of halogens is 3. The molecule has 0 aromatic heterocycles. The highest BCUT2D eigenvalue weighted by molar-refractivity contribution is 5.97. The number of carbonyl (C=O) groups excluding carboxylic acids is 1. The van der Waals surface area contributed by atoms with E-state index in [1.165, 1.54) is 0 Å². The SMILES string of the molecule is O=C(C1=CCCCC1)C1CCC(C(F)(F)F)CC1. The summed E-state index contributed by atoms with van der Waals surface area (Å²) in [5.41, 5.74) is 0.872. The second-order valence-corrected chi connectivity index (χ2v) is 5.43. The number of carbonyl (C=O) groups is 1. The lowest BCUT2D eigenvalue weighted by Crippen LogP contribution is -2.30. The van der Waals surface area contributed by atoms with E-state index in [4.69, 9.17) is 0 Å². The van der Waals surface area contributed by atoms with Gasteiger partial charge in [0.25, 0.3) is 0 Å². The third-order valence-corrected chi connectivity index (χ3v) is 4.17. The Morgan fingerprint density at radius 3 is 2.28 bits per heavy atom. The minimum atomic E-state index is -4.09. The summed E-state index contributed by atoms with van der Waals surface area (Å²) in [6.07, 6.45) is 2.87. The maximum absolute atomic E-state index is 12.5. The fourth-order valence-corrected chi connectivity index (χ4v) is 3.01. The van der Waals surface area contributed by atoms with E-state index in [1.807, 2.05) is 6.08 Å². The molecule has 0 aromatic rings. The molecule has 0 aromatic carbocycles. The number of hydrogen-bond donors (Lipinski definition) is 0. The van der Waals surface area contributed by atoms with Crippen molar-refractivity contribution in [3.63, 3.8) is 0 Å². The van der Waals surface area contributed by atoms with Crippen LogP contribution in [0.2, 0.25) is 0 Å². The molecule has 18 heavy (non-hydrogen) atoms. The Labute approximate surface area is 105 Å². The van der Waals surface area contributed by atoms with Gasteiger partial charge in [-0.15, -0.1) is 0 Å². The van der Waals surface area contributed by atoms with Crippen molar-refractivity contribution in [2.75, 3.05) is 0 Å². The van der Waals surface area contributed by atoms with Gasteiger partial charge in [0.15, 0.2) is 5.78 Å². The number of Topliss-reactive ketones (excluding diaryl/α,β-unsaturated/α-hetero) is 1. The number of rotatable bonds is 2. The van der Waals surface area contributed by atoms with Gasteiger partial charge in [0, 0.05) is 5.92 Å².